The van der Waals surface area contributed by atoms with Crippen molar-refractivity contribution in [3.8, 4) is 0 Å². The molecule has 3 aromatic rings. The fourth-order valence-electron chi connectivity index (χ4n) is 3.31. The number of benzene rings is 1. The zero-order valence-corrected chi connectivity index (χ0v) is 15.4. The highest BCUT2D eigenvalue weighted by atomic mass is 32.2. The van der Waals surface area contributed by atoms with Crippen molar-refractivity contribution >= 4 is 32.3 Å². The monoisotopic (exact) mass is 360 g/mol. The van der Waals surface area contributed by atoms with Gasteiger partial charge in [0.1, 0.15) is 4.21 Å². The highest BCUT2D eigenvalue weighted by Gasteiger charge is 2.30. The Morgan fingerprint density at radius 1 is 1.25 bits per heavy atom. The molecule has 0 amide bonds. The van der Waals surface area contributed by atoms with E-state index in [0.29, 0.717) is 23.2 Å². The van der Waals surface area contributed by atoms with E-state index >= 15 is 0 Å². The van der Waals surface area contributed by atoms with E-state index in [0.717, 1.165) is 22.9 Å². The van der Waals surface area contributed by atoms with Crippen molar-refractivity contribution in [3.05, 3.63) is 52.5 Å². The van der Waals surface area contributed by atoms with Crippen molar-refractivity contribution in [1.82, 2.24) is 9.29 Å². The Labute approximate surface area is 146 Å². The number of hydrogen-bond donors (Lipinski definition) is 1. The predicted octanol–water partition coefficient (Wildman–Crippen LogP) is 4.10. The summed E-state index contributed by atoms with van der Waals surface area (Å²) in [6.45, 7) is 5.32. The van der Waals surface area contributed by atoms with Crippen LogP contribution in [-0.2, 0) is 23.0 Å². The maximum absolute atomic E-state index is 12.8. The van der Waals surface area contributed by atoms with Crippen molar-refractivity contribution in [2.75, 3.05) is 6.54 Å². The van der Waals surface area contributed by atoms with Crippen molar-refractivity contribution in [3.63, 3.8) is 0 Å². The van der Waals surface area contributed by atoms with Gasteiger partial charge in [-0.05, 0) is 40.6 Å². The lowest BCUT2D eigenvalue weighted by molar-refractivity contribution is 0.392. The lowest BCUT2D eigenvalue weighted by Crippen LogP contribution is -2.35. The van der Waals surface area contributed by atoms with Crippen LogP contribution in [0.4, 0.5) is 0 Å². The van der Waals surface area contributed by atoms with Crippen LogP contribution in [0.2, 0.25) is 0 Å². The molecule has 0 unspecified atom stereocenters. The van der Waals surface area contributed by atoms with E-state index in [1.54, 1.807) is 16.4 Å². The second-order valence-corrected chi connectivity index (χ2v) is 9.67. The Bertz CT molecular complexity index is 986. The van der Waals surface area contributed by atoms with Crippen molar-refractivity contribution in [2.24, 2.45) is 0 Å². The van der Waals surface area contributed by atoms with E-state index in [1.165, 1.54) is 22.6 Å². The Balaban J connectivity index is 1.76. The highest BCUT2D eigenvalue weighted by molar-refractivity contribution is 7.91. The van der Waals surface area contributed by atoms with Gasteiger partial charge in [0.25, 0.3) is 10.0 Å². The van der Waals surface area contributed by atoms with Crippen LogP contribution in [0.1, 0.15) is 36.6 Å². The number of nitrogens with zero attached hydrogens (tertiary/aromatic N) is 1. The molecule has 1 aliphatic rings. The lowest BCUT2D eigenvalue weighted by Gasteiger charge is -2.26. The number of fused-ring (bicyclic) bond motifs is 3. The Hall–Kier alpha value is -1.63. The largest absolute Gasteiger partial charge is 0.358 e. The van der Waals surface area contributed by atoms with Gasteiger partial charge in [0, 0.05) is 36.1 Å². The summed E-state index contributed by atoms with van der Waals surface area (Å²) in [4.78, 5) is 3.47. The first kappa shape index (κ1) is 15.9. The number of aromatic nitrogens is 1. The first-order valence-corrected chi connectivity index (χ1v) is 10.5. The standard InChI is InChI=1S/C18H20N2O2S2/c1-12(2)13-5-6-16-14(10-13)15-11-20(8-7-17(15)19-16)24(21,22)18-4-3-9-23-18/h3-6,9-10,12,19H,7-8,11H2,1-2H3. The highest BCUT2D eigenvalue weighted by Crippen LogP contribution is 2.33. The van der Waals surface area contributed by atoms with Crippen LogP contribution in [0.25, 0.3) is 10.9 Å². The van der Waals surface area contributed by atoms with E-state index in [1.807, 2.05) is 5.38 Å². The quantitative estimate of drug-likeness (QED) is 0.764. The summed E-state index contributed by atoms with van der Waals surface area (Å²) in [7, 11) is -3.40. The minimum Gasteiger partial charge on any atom is -0.358 e. The number of aromatic amines is 1. The Kier molecular flexibility index (Phi) is 3.78. The summed E-state index contributed by atoms with van der Waals surface area (Å²) in [6.07, 6.45) is 0.728. The summed E-state index contributed by atoms with van der Waals surface area (Å²) in [5, 5.41) is 2.96. The van der Waals surface area contributed by atoms with E-state index in [-0.39, 0.29) is 0 Å². The lowest BCUT2D eigenvalue weighted by atomic mass is 9.99. The average Bonchev–Trinajstić information content (AvgIpc) is 3.21. The molecular weight excluding hydrogens is 340 g/mol. The number of sulfonamides is 1. The summed E-state index contributed by atoms with van der Waals surface area (Å²) in [5.41, 5.74) is 4.67. The van der Waals surface area contributed by atoms with Gasteiger partial charge in [-0.3, -0.25) is 0 Å². The normalized spacial score (nSPS) is 16.0. The fourth-order valence-corrected chi connectivity index (χ4v) is 5.86. The SMILES string of the molecule is CC(C)c1ccc2[nH]c3c(c2c1)CN(S(=O)(=O)c1cccs1)CC3. The van der Waals surface area contributed by atoms with E-state index < -0.39 is 10.0 Å². The average molecular weight is 361 g/mol. The molecule has 126 valence electrons. The molecule has 3 heterocycles. The van der Waals surface area contributed by atoms with Gasteiger partial charge in [-0.25, -0.2) is 8.42 Å². The molecule has 0 radical (unpaired) electrons. The molecule has 0 saturated heterocycles. The molecule has 6 heteroatoms. The molecule has 4 rings (SSSR count). The van der Waals surface area contributed by atoms with E-state index in [4.69, 9.17) is 0 Å². The third-order valence-electron chi connectivity index (χ3n) is 4.72. The van der Waals surface area contributed by atoms with Crippen molar-refractivity contribution < 1.29 is 8.42 Å². The molecule has 1 N–H and O–H groups in total. The molecule has 4 nitrogen and oxygen atoms in total. The number of thiophene rings is 1. The second kappa shape index (κ2) is 5.72. The summed E-state index contributed by atoms with van der Waals surface area (Å²) >= 11 is 1.28. The van der Waals surface area contributed by atoms with E-state index in [2.05, 4.69) is 37.0 Å². The van der Waals surface area contributed by atoms with Gasteiger partial charge in [-0.2, -0.15) is 4.31 Å². The minimum absolute atomic E-state index is 0.425. The molecular formula is C18H20N2O2S2. The van der Waals surface area contributed by atoms with Crippen LogP contribution in [0.3, 0.4) is 0 Å². The zero-order chi connectivity index (χ0) is 16.9. The Morgan fingerprint density at radius 2 is 2.08 bits per heavy atom. The maximum atomic E-state index is 12.8. The number of rotatable bonds is 3. The molecule has 0 fully saturated rings. The molecule has 2 aromatic heterocycles. The molecule has 0 spiro atoms. The number of hydrogen-bond acceptors (Lipinski definition) is 3. The summed E-state index contributed by atoms with van der Waals surface area (Å²) in [5.74, 6) is 0.453. The summed E-state index contributed by atoms with van der Waals surface area (Å²) < 4.78 is 27.7. The number of nitrogens with one attached hydrogen (secondary N) is 1. The molecule has 0 atom stereocenters. The molecule has 1 aliphatic heterocycles. The molecule has 0 aliphatic carbocycles. The van der Waals surface area contributed by atoms with Gasteiger partial charge in [0.2, 0.25) is 0 Å². The zero-order valence-electron chi connectivity index (χ0n) is 13.7. The third-order valence-corrected chi connectivity index (χ3v) is 7.94. The number of H-pyrrole nitrogens is 1. The van der Waals surface area contributed by atoms with Crippen LogP contribution in [0, 0.1) is 0 Å². The van der Waals surface area contributed by atoms with Crippen LogP contribution < -0.4 is 0 Å². The van der Waals surface area contributed by atoms with Gasteiger partial charge in [-0.1, -0.05) is 26.0 Å². The van der Waals surface area contributed by atoms with Gasteiger partial charge in [0.05, 0.1) is 0 Å². The van der Waals surface area contributed by atoms with E-state index in [9.17, 15) is 8.42 Å². The van der Waals surface area contributed by atoms with Crippen LogP contribution in [0.15, 0.2) is 39.9 Å². The molecule has 1 aromatic carbocycles. The smallest absolute Gasteiger partial charge is 0.252 e. The van der Waals surface area contributed by atoms with Crippen LogP contribution in [-0.4, -0.2) is 24.3 Å². The fraction of sp³-hybridized carbons (Fsp3) is 0.333. The molecule has 24 heavy (non-hydrogen) atoms. The first-order chi connectivity index (χ1) is 11.5. The molecule has 0 bridgehead atoms. The molecule has 0 saturated carbocycles. The van der Waals surface area contributed by atoms with Crippen molar-refractivity contribution in [2.45, 2.75) is 36.9 Å². The maximum Gasteiger partial charge on any atom is 0.252 e. The van der Waals surface area contributed by atoms with Gasteiger partial charge in [-0.15, -0.1) is 11.3 Å². The van der Waals surface area contributed by atoms with Crippen LogP contribution in [0.5, 0.6) is 0 Å². The second-order valence-electron chi connectivity index (χ2n) is 6.56. The topological polar surface area (TPSA) is 53.2 Å². The van der Waals surface area contributed by atoms with Crippen molar-refractivity contribution in [1.29, 1.82) is 0 Å². The minimum atomic E-state index is -3.40. The van der Waals surface area contributed by atoms with Gasteiger partial charge >= 0.3 is 0 Å². The van der Waals surface area contributed by atoms with Crippen LogP contribution >= 0.6 is 11.3 Å². The van der Waals surface area contributed by atoms with Gasteiger partial charge in [0.15, 0.2) is 0 Å². The predicted molar refractivity (Wildman–Crippen MR) is 98.0 cm³/mol. The Morgan fingerprint density at radius 3 is 2.79 bits per heavy atom. The third kappa shape index (κ3) is 2.49. The summed E-state index contributed by atoms with van der Waals surface area (Å²) in [6, 6.07) is 9.93. The van der Waals surface area contributed by atoms with Gasteiger partial charge < -0.3 is 4.98 Å². The first-order valence-electron chi connectivity index (χ1n) is 8.14.